The molecule has 1 heterocycles. The largest absolute Gasteiger partial charge is 0.368 e. The van der Waals surface area contributed by atoms with Crippen molar-refractivity contribution in [2.24, 2.45) is 0 Å². The van der Waals surface area contributed by atoms with Crippen molar-refractivity contribution in [3.05, 3.63) is 0 Å². The van der Waals surface area contributed by atoms with Crippen LogP contribution in [0.25, 0.3) is 0 Å². The molecule has 0 aromatic carbocycles. The molecule has 6 heavy (non-hydrogen) atoms. The summed E-state index contributed by atoms with van der Waals surface area (Å²) in [5.74, 6) is 0. The summed E-state index contributed by atoms with van der Waals surface area (Å²) in [4.78, 5) is 0. The number of aliphatic hydroxyl groups is 2. The zero-order valence-corrected chi connectivity index (χ0v) is 3.16. The van der Waals surface area contributed by atoms with Crippen LogP contribution >= 0.6 is 0 Å². The third-order valence-corrected chi connectivity index (χ3v) is 0.692. The van der Waals surface area contributed by atoms with Gasteiger partial charge in [0.2, 0.25) is 0 Å². The van der Waals surface area contributed by atoms with E-state index in [9.17, 15) is 0 Å². The minimum atomic E-state index is -1.26. The first kappa shape index (κ1) is 4.05. The molecule has 0 bridgehead atoms. The van der Waals surface area contributed by atoms with Gasteiger partial charge < -0.3 is 14.9 Å². The normalized spacial score (nSPS) is 31.5. The van der Waals surface area contributed by atoms with Gasteiger partial charge in [-0.1, -0.05) is 0 Å². The molecule has 0 saturated carbocycles. The zero-order chi connectivity index (χ0) is 4.57. The van der Waals surface area contributed by atoms with Gasteiger partial charge in [-0.3, -0.25) is 0 Å². The van der Waals surface area contributed by atoms with Crippen LogP contribution < -0.4 is 0 Å². The van der Waals surface area contributed by atoms with Crippen molar-refractivity contribution < 1.29 is 14.9 Å². The van der Waals surface area contributed by atoms with Gasteiger partial charge in [-0.2, -0.15) is 0 Å². The van der Waals surface area contributed by atoms with Crippen molar-refractivity contribution in [3.8, 4) is 0 Å². The third-order valence-electron chi connectivity index (χ3n) is 0.692. The molecule has 0 aliphatic carbocycles. The van der Waals surface area contributed by atoms with E-state index in [2.05, 4.69) is 4.74 Å². The molecule has 0 aromatic heterocycles. The van der Waals surface area contributed by atoms with Gasteiger partial charge in [0, 0.05) is 0 Å². The van der Waals surface area contributed by atoms with E-state index < -0.39 is 6.29 Å². The Bertz CT molecular complexity index is 48.0. The second-order valence-electron chi connectivity index (χ2n) is 1.29. The fourth-order valence-electron chi connectivity index (χ4n) is 0.228. The number of rotatable bonds is 1. The molecule has 0 aromatic rings. The number of hydrogen-bond donors (Lipinski definition) is 2. The van der Waals surface area contributed by atoms with E-state index in [-0.39, 0.29) is 6.10 Å². The molecule has 1 rings (SSSR count). The van der Waals surface area contributed by atoms with E-state index in [1.54, 1.807) is 0 Å². The molecular weight excluding hydrogens is 84.0 g/mol. The molecule has 2 N–H and O–H groups in total. The van der Waals surface area contributed by atoms with Crippen molar-refractivity contribution in [2.75, 3.05) is 6.61 Å². The highest BCUT2D eigenvalue weighted by atomic mass is 16.6. The molecule has 3 heteroatoms. The van der Waals surface area contributed by atoms with E-state index >= 15 is 0 Å². The lowest BCUT2D eigenvalue weighted by molar-refractivity contribution is -0.0580. The Hall–Kier alpha value is -0.120. The fourth-order valence-corrected chi connectivity index (χ4v) is 0.228. The first-order valence-corrected chi connectivity index (χ1v) is 1.78. The van der Waals surface area contributed by atoms with Gasteiger partial charge in [-0.15, -0.1) is 0 Å². The molecular formula is C3H6O3. The minimum Gasteiger partial charge on any atom is -0.368 e. The zero-order valence-electron chi connectivity index (χ0n) is 3.16. The van der Waals surface area contributed by atoms with Crippen LogP contribution in [0.2, 0.25) is 0 Å². The maximum absolute atomic E-state index is 8.12. The van der Waals surface area contributed by atoms with E-state index in [0.29, 0.717) is 6.61 Å². The molecule has 0 spiro atoms. The second kappa shape index (κ2) is 1.18. The van der Waals surface area contributed by atoms with Gasteiger partial charge in [-0.05, 0) is 0 Å². The minimum absolute atomic E-state index is 0.287. The average molecular weight is 90.1 g/mol. The molecule has 0 radical (unpaired) electrons. The van der Waals surface area contributed by atoms with Gasteiger partial charge in [0.05, 0.1) is 6.61 Å². The monoisotopic (exact) mass is 90.0 g/mol. The number of aliphatic hydroxyl groups excluding tert-OH is 1. The number of epoxide rings is 1. The Balaban J connectivity index is 2.13. The van der Waals surface area contributed by atoms with Gasteiger partial charge in [0.1, 0.15) is 6.10 Å². The van der Waals surface area contributed by atoms with Gasteiger partial charge in [-0.25, -0.2) is 0 Å². The van der Waals surface area contributed by atoms with Crippen molar-refractivity contribution in [2.45, 2.75) is 12.4 Å². The van der Waals surface area contributed by atoms with Crippen LogP contribution in [-0.2, 0) is 4.74 Å². The van der Waals surface area contributed by atoms with Crippen LogP contribution in [0.15, 0.2) is 0 Å². The Kier molecular flexibility index (Phi) is 0.799. The summed E-state index contributed by atoms with van der Waals surface area (Å²) < 4.78 is 4.47. The summed E-state index contributed by atoms with van der Waals surface area (Å²) in [7, 11) is 0. The summed E-state index contributed by atoms with van der Waals surface area (Å²) in [5.41, 5.74) is 0. The average Bonchev–Trinajstić information content (AvgIpc) is 2.06. The van der Waals surface area contributed by atoms with Gasteiger partial charge in [0.15, 0.2) is 6.29 Å². The highest BCUT2D eigenvalue weighted by Crippen LogP contribution is 2.10. The van der Waals surface area contributed by atoms with Gasteiger partial charge >= 0.3 is 0 Å². The van der Waals surface area contributed by atoms with E-state index in [1.165, 1.54) is 0 Å². The summed E-state index contributed by atoms with van der Waals surface area (Å²) in [6, 6.07) is 0. The first-order valence-electron chi connectivity index (χ1n) is 1.78. The molecule has 0 amide bonds. The van der Waals surface area contributed by atoms with E-state index in [4.69, 9.17) is 10.2 Å². The number of hydrogen-bond acceptors (Lipinski definition) is 3. The first-order chi connectivity index (χ1) is 2.80. The predicted molar refractivity (Wildman–Crippen MR) is 18.0 cm³/mol. The standard InChI is InChI=1S/C3H6O3/c4-3(5)2-1-6-2/h2-5H,1H2/t2-/m1/s1. The summed E-state index contributed by atoms with van der Waals surface area (Å²) in [6.07, 6.45) is -1.55. The maximum Gasteiger partial charge on any atom is 0.180 e. The van der Waals surface area contributed by atoms with E-state index in [0.717, 1.165) is 0 Å². The molecule has 1 saturated heterocycles. The van der Waals surface area contributed by atoms with Crippen molar-refractivity contribution in [3.63, 3.8) is 0 Å². The lowest BCUT2D eigenvalue weighted by Gasteiger charge is -1.90. The Labute approximate surface area is 35.2 Å². The summed E-state index contributed by atoms with van der Waals surface area (Å²) >= 11 is 0. The van der Waals surface area contributed by atoms with Crippen LogP contribution in [0.4, 0.5) is 0 Å². The Morgan fingerprint density at radius 3 is 2.17 bits per heavy atom. The van der Waals surface area contributed by atoms with Crippen LogP contribution in [0.3, 0.4) is 0 Å². The fraction of sp³-hybridized carbons (Fsp3) is 1.00. The Morgan fingerprint density at radius 1 is 1.67 bits per heavy atom. The quantitative estimate of drug-likeness (QED) is 0.310. The van der Waals surface area contributed by atoms with Crippen molar-refractivity contribution in [1.82, 2.24) is 0 Å². The summed E-state index contributed by atoms with van der Waals surface area (Å²) in [5, 5.41) is 16.2. The highest BCUT2D eigenvalue weighted by Gasteiger charge is 2.29. The topological polar surface area (TPSA) is 53.0 Å². The second-order valence-corrected chi connectivity index (χ2v) is 1.29. The smallest absolute Gasteiger partial charge is 0.180 e. The SMILES string of the molecule is OC(O)[C@H]1CO1. The molecule has 36 valence electrons. The molecule has 3 nitrogen and oxygen atoms in total. The molecule has 1 fully saturated rings. The predicted octanol–water partition coefficient (Wildman–Crippen LogP) is -1.30. The van der Waals surface area contributed by atoms with Crippen molar-refractivity contribution >= 4 is 0 Å². The van der Waals surface area contributed by atoms with Crippen LogP contribution in [0, 0.1) is 0 Å². The van der Waals surface area contributed by atoms with Crippen LogP contribution in [-0.4, -0.2) is 29.2 Å². The summed E-state index contributed by atoms with van der Waals surface area (Å²) in [6.45, 7) is 0.498. The van der Waals surface area contributed by atoms with Crippen LogP contribution in [0.1, 0.15) is 0 Å². The lowest BCUT2D eigenvalue weighted by Crippen LogP contribution is -2.11. The molecule has 1 aliphatic rings. The number of ether oxygens (including phenoxy) is 1. The van der Waals surface area contributed by atoms with E-state index in [1.807, 2.05) is 0 Å². The highest BCUT2D eigenvalue weighted by molar-refractivity contribution is 4.69. The molecule has 1 aliphatic heterocycles. The maximum atomic E-state index is 8.12. The third kappa shape index (κ3) is 0.680. The Morgan fingerprint density at radius 2 is 2.17 bits per heavy atom. The van der Waals surface area contributed by atoms with Crippen molar-refractivity contribution in [1.29, 1.82) is 0 Å². The van der Waals surface area contributed by atoms with Gasteiger partial charge in [0.25, 0.3) is 0 Å². The van der Waals surface area contributed by atoms with Crippen LogP contribution in [0.5, 0.6) is 0 Å². The molecule has 1 atom stereocenters. The lowest BCUT2D eigenvalue weighted by atomic mass is 10.5. The molecule has 0 unspecified atom stereocenters.